The van der Waals surface area contributed by atoms with Crippen LogP contribution in [0.15, 0.2) is 18.2 Å². The Kier molecular flexibility index (Phi) is 4.29. The Balaban J connectivity index is 2.83. The average molecular weight is 239 g/mol. The van der Waals surface area contributed by atoms with Gasteiger partial charge < -0.3 is 10.1 Å². The third-order valence-corrected chi connectivity index (χ3v) is 2.41. The quantitative estimate of drug-likeness (QED) is 0.878. The van der Waals surface area contributed by atoms with Crippen LogP contribution in [0.5, 0.6) is 0 Å². The van der Waals surface area contributed by atoms with Gasteiger partial charge in [0.15, 0.2) is 0 Å². The van der Waals surface area contributed by atoms with Gasteiger partial charge in [-0.15, -0.1) is 0 Å². The molecule has 1 atom stereocenters. The number of halogens is 1. The highest BCUT2D eigenvalue weighted by atomic mass is 35.5. The van der Waals surface area contributed by atoms with E-state index in [1.807, 2.05) is 6.07 Å². The Morgan fingerprint density at radius 2 is 2.31 bits per heavy atom. The summed E-state index contributed by atoms with van der Waals surface area (Å²) in [6, 6.07) is 6.65. The topological polar surface area (TPSA) is 62.1 Å². The molecule has 0 fully saturated rings. The van der Waals surface area contributed by atoms with Crippen LogP contribution in [0.1, 0.15) is 12.5 Å². The molecule has 0 bridgehead atoms. The van der Waals surface area contributed by atoms with Crippen LogP contribution < -0.4 is 5.32 Å². The summed E-state index contributed by atoms with van der Waals surface area (Å²) in [4.78, 5) is 11.5. The summed E-state index contributed by atoms with van der Waals surface area (Å²) < 4.78 is 4.86. The molecule has 0 aliphatic rings. The van der Waals surface area contributed by atoms with Crippen LogP contribution in [0.2, 0.25) is 5.02 Å². The van der Waals surface area contributed by atoms with Gasteiger partial charge in [0.2, 0.25) is 0 Å². The number of ether oxygens (including phenoxy) is 1. The number of nitrogens with one attached hydrogen (secondary N) is 1. The summed E-state index contributed by atoms with van der Waals surface area (Å²) in [6.07, 6.45) is -0.541. The van der Waals surface area contributed by atoms with Gasteiger partial charge >= 0.3 is 0 Å². The molecule has 0 aliphatic carbocycles. The first-order chi connectivity index (χ1) is 7.58. The second-order valence-electron chi connectivity index (χ2n) is 3.17. The molecule has 0 saturated carbocycles. The maximum absolute atomic E-state index is 11.5. The van der Waals surface area contributed by atoms with Gasteiger partial charge in [-0.2, -0.15) is 5.26 Å². The number of hydrogen-bond donors (Lipinski definition) is 1. The second kappa shape index (κ2) is 5.50. The highest BCUT2D eigenvalue weighted by Gasteiger charge is 2.12. The highest BCUT2D eigenvalue weighted by molar-refractivity contribution is 6.31. The predicted molar refractivity (Wildman–Crippen MR) is 61.3 cm³/mol. The van der Waals surface area contributed by atoms with Crippen LogP contribution in [0.3, 0.4) is 0 Å². The number of carbonyl (C=O) groups excluding carboxylic acids is 1. The van der Waals surface area contributed by atoms with E-state index >= 15 is 0 Å². The van der Waals surface area contributed by atoms with Crippen LogP contribution in [0, 0.1) is 11.3 Å². The molecular weight excluding hydrogens is 228 g/mol. The van der Waals surface area contributed by atoms with Crippen LogP contribution >= 0.6 is 11.6 Å². The Labute approximate surface area is 98.8 Å². The molecule has 1 rings (SSSR count). The monoisotopic (exact) mass is 238 g/mol. The Morgan fingerprint density at radius 3 is 2.88 bits per heavy atom. The SMILES string of the molecule is COC(C)C(=O)Nc1ccc(Cl)c(C#N)c1. The molecule has 1 unspecified atom stereocenters. The molecule has 1 N–H and O–H groups in total. The average Bonchev–Trinajstić information content (AvgIpc) is 2.30. The second-order valence-corrected chi connectivity index (χ2v) is 3.58. The van der Waals surface area contributed by atoms with Crippen LogP contribution in [0.25, 0.3) is 0 Å². The number of methoxy groups -OCH3 is 1. The zero-order chi connectivity index (χ0) is 12.1. The molecule has 16 heavy (non-hydrogen) atoms. The van der Waals surface area contributed by atoms with Gasteiger partial charge in [0, 0.05) is 12.8 Å². The van der Waals surface area contributed by atoms with Crippen molar-refractivity contribution in [2.24, 2.45) is 0 Å². The van der Waals surface area contributed by atoms with E-state index < -0.39 is 6.10 Å². The first-order valence-corrected chi connectivity index (χ1v) is 4.99. The summed E-state index contributed by atoms with van der Waals surface area (Å²) in [5.74, 6) is -0.270. The van der Waals surface area contributed by atoms with Crippen molar-refractivity contribution >= 4 is 23.2 Å². The normalized spacial score (nSPS) is 11.6. The van der Waals surface area contributed by atoms with Crippen molar-refractivity contribution in [1.82, 2.24) is 0 Å². The maximum atomic E-state index is 11.5. The highest BCUT2D eigenvalue weighted by Crippen LogP contribution is 2.19. The minimum Gasteiger partial charge on any atom is -0.372 e. The lowest BCUT2D eigenvalue weighted by Crippen LogP contribution is -2.26. The minimum atomic E-state index is -0.541. The van der Waals surface area contributed by atoms with Gasteiger partial charge in [0.05, 0.1) is 10.6 Å². The summed E-state index contributed by atoms with van der Waals surface area (Å²) in [6.45, 7) is 1.64. The zero-order valence-electron chi connectivity index (χ0n) is 8.95. The molecule has 0 aromatic heterocycles. The number of carbonyl (C=O) groups is 1. The largest absolute Gasteiger partial charge is 0.372 e. The molecule has 1 amide bonds. The molecule has 0 spiro atoms. The zero-order valence-corrected chi connectivity index (χ0v) is 9.71. The lowest BCUT2D eigenvalue weighted by atomic mass is 10.2. The number of anilines is 1. The third-order valence-electron chi connectivity index (χ3n) is 2.08. The Hall–Kier alpha value is -1.57. The van der Waals surface area contributed by atoms with E-state index in [1.165, 1.54) is 13.2 Å². The summed E-state index contributed by atoms with van der Waals surface area (Å²) >= 11 is 5.76. The fourth-order valence-electron chi connectivity index (χ4n) is 1.04. The number of hydrogen-bond acceptors (Lipinski definition) is 3. The Bertz CT molecular complexity index is 440. The van der Waals surface area contributed by atoms with Crippen molar-refractivity contribution in [3.05, 3.63) is 28.8 Å². The van der Waals surface area contributed by atoms with Crippen molar-refractivity contribution in [1.29, 1.82) is 5.26 Å². The van der Waals surface area contributed by atoms with Crippen molar-refractivity contribution in [2.45, 2.75) is 13.0 Å². The molecule has 84 valence electrons. The molecule has 1 aromatic carbocycles. The molecule has 0 aliphatic heterocycles. The fourth-order valence-corrected chi connectivity index (χ4v) is 1.20. The first kappa shape index (κ1) is 12.5. The van der Waals surface area contributed by atoms with E-state index in [4.69, 9.17) is 21.6 Å². The molecule has 5 heteroatoms. The number of amides is 1. The maximum Gasteiger partial charge on any atom is 0.253 e. The molecular formula is C11H11ClN2O2. The minimum absolute atomic E-state index is 0.270. The number of benzene rings is 1. The van der Waals surface area contributed by atoms with Crippen LogP contribution in [-0.2, 0) is 9.53 Å². The summed E-state index contributed by atoms with van der Waals surface area (Å²) in [5.41, 5.74) is 0.847. The number of nitriles is 1. The van der Waals surface area contributed by atoms with Gasteiger partial charge in [0.25, 0.3) is 5.91 Å². The lowest BCUT2D eigenvalue weighted by Gasteiger charge is -2.10. The van der Waals surface area contributed by atoms with E-state index in [9.17, 15) is 4.79 Å². The molecule has 0 heterocycles. The summed E-state index contributed by atoms with van der Waals surface area (Å²) in [7, 11) is 1.45. The molecule has 1 aromatic rings. The standard InChI is InChI=1S/C11H11ClN2O2/c1-7(16-2)11(15)14-9-3-4-10(12)8(5-9)6-13/h3-5,7H,1-2H3,(H,14,15). The van der Waals surface area contributed by atoms with E-state index in [0.717, 1.165) is 0 Å². The van der Waals surface area contributed by atoms with Crippen molar-refractivity contribution < 1.29 is 9.53 Å². The van der Waals surface area contributed by atoms with Gasteiger partial charge in [0.1, 0.15) is 12.2 Å². The first-order valence-electron chi connectivity index (χ1n) is 4.61. The summed E-state index contributed by atoms with van der Waals surface area (Å²) in [5, 5.41) is 11.7. The molecule has 0 radical (unpaired) electrons. The lowest BCUT2D eigenvalue weighted by molar-refractivity contribution is -0.124. The third kappa shape index (κ3) is 2.96. The van der Waals surface area contributed by atoms with Crippen molar-refractivity contribution in [3.8, 4) is 6.07 Å². The van der Waals surface area contributed by atoms with Gasteiger partial charge in [-0.1, -0.05) is 11.6 Å². The fraction of sp³-hybridized carbons (Fsp3) is 0.273. The number of nitrogens with zero attached hydrogens (tertiary/aromatic N) is 1. The van der Waals surface area contributed by atoms with E-state index in [1.54, 1.807) is 19.1 Å². The van der Waals surface area contributed by atoms with Gasteiger partial charge in [-0.25, -0.2) is 0 Å². The van der Waals surface area contributed by atoms with Crippen molar-refractivity contribution in [2.75, 3.05) is 12.4 Å². The van der Waals surface area contributed by atoms with E-state index in [-0.39, 0.29) is 5.91 Å². The van der Waals surface area contributed by atoms with E-state index in [0.29, 0.717) is 16.3 Å². The van der Waals surface area contributed by atoms with E-state index in [2.05, 4.69) is 5.32 Å². The van der Waals surface area contributed by atoms with Gasteiger partial charge in [-0.3, -0.25) is 4.79 Å². The smallest absolute Gasteiger partial charge is 0.253 e. The van der Waals surface area contributed by atoms with Crippen LogP contribution in [0.4, 0.5) is 5.69 Å². The molecule has 4 nitrogen and oxygen atoms in total. The Morgan fingerprint density at radius 1 is 1.62 bits per heavy atom. The molecule has 0 saturated heterocycles. The number of rotatable bonds is 3. The van der Waals surface area contributed by atoms with Crippen molar-refractivity contribution in [3.63, 3.8) is 0 Å². The van der Waals surface area contributed by atoms with Gasteiger partial charge in [-0.05, 0) is 25.1 Å². The van der Waals surface area contributed by atoms with Crippen LogP contribution in [-0.4, -0.2) is 19.1 Å². The predicted octanol–water partition coefficient (Wildman–Crippen LogP) is 2.19.